The van der Waals surface area contributed by atoms with E-state index in [2.05, 4.69) is 16.2 Å². The average molecular weight is 417 g/mol. The van der Waals surface area contributed by atoms with Gasteiger partial charge in [0.1, 0.15) is 5.82 Å². The zero-order valence-corrected chi connectivity index (χ0v) is 16.4. The van der Waals surface area contributed by atoms with Crippen molar-refractivity contribution in [2.24, 2.45) is 0 Å². The number of thiophene rings is 2. The molecule has 0 atom stereocenters. The van der Waals surface area contributed by atoms with Gasteiger partial charge in [-0.25, -0.2) is 4.39 Å². The summed E-state index contributed by atoms with van der Waals surface area (Å²) in [4.78, 5) is 38.5. The zero-order valence-electron chi connectivity index (χ0n) is 14.7. The first-order chi connectivity index (χ1) is 13.4. The Kier molecular flexibility index (Phi) is 6.17. The Hall–Kier alpha value is -3.04. The first-order valence-corrected chi connectivity index (χ1v) is 9.85. The smallest absolute Gasteiger partial charge is 0.279 e. The van der Waals surface area contributed by atoms with Crippen LogP contribution in [0.4, 0.5) is 4.39 Å². The lowest BCUT2D eigenvalue weighted by molar-refractivity contribution is -0.120. The quantitative estimate of drug-likeness (QED) is 0.558. The molecule has 144 valence electrons. The van der Waals surface area contributed by atoms with Gasteiger partial charge in [-0.3, -0.25) is 25.2 Å². The summed E-state index contributed by atoms with van der Waals surface area (Å²) in [5.41, 5.74) is 5.35. The number of hydrogen-bond acceptors (Lipinski definition) is 5. The molecule has 0 spiro atoms. The number of carbonyl (C=O) groups is 3. The van der Waals surface area contributed by atoms with E-state index in [0.29, 0.717) is 9.75 Å². The molecule has 3 N–H and O–H groups in total. The third-order valence-corrected chi connectivity index (χ3v) is 5.78. The van der Waals surface area contributed by atoms with Crippen LogP contribution in [0.1, 0.15) is 24.2 Å². The lowest BCUT2D eigenvalue weighted by Crippen LogP contribution is -2.46. The molecule has 0 fully saturated rings. The molecule has 28 heavy (non-hydrogen) atoms. The van der Waals surface area contributed by atoms with Crippen LogP contribution in [0.25, 0.3) is 10.4 Å². The number of hydrogen-bond donors (Lipinski definition) is 3. The van der Waals surface area contributed by atoms with E-state index in [4.69, 9.17) is 0 Å². The maximum atomic E-state index is 13.0. The molecule has 0 aliphatic carbocycles. The van der Waals surface area contributed by atoms with Gasteiger partial charge in [0.05, 0.1) is 16.3 Å². The minimum atomic E-state index is -0.551. The number of carbonyl (C=O) groups excluding carboxylic acids is 3. The Bertz CT molecular complexity index is 1010. The van der Waals surface area contributed by atoms with E-state index in [9.17, 15) is 18.8 Å². The molecular formula is C19H16FN3O3S2. The maximum Gasteiger partial charge on any atom is 0.279 e. The molecular weight excluding hydrogens is 401 g/mol. The molecule has 3 aromatic rings. The van der Waals surface area contributed by atoms with Crippen LogP contribution in [0.2, 0.25) is 0 Å². The second-order valence-corrected chi connectivity index (χ2v) is 8.14. The number of aryl methyl sites for hydroxylation is 1. The highest BCUT2D eigenvalue weighted by molar-refractivity contribution is 7.17. The summed E-state index contributed by atoms with van der Waals surface area (Å²) < 4.78 is 13.0. The molecule has 0 radical (unpaired) electrons. The first-order valence-electron chi connectivity index (χ1n) is 8.22. The fourth-order valence-electron chi connectivity index (χ4n) is 2.27. The van der Waals surface area contributed by atoms with Gasteiger partial charge in [0, 0.05) is 9.75 Å². The van der Waals surface area contributed by atoms with Crippen LogP contribution < -0.4 is 16.2 Å². The Labute approximate surface area is 168 Å². The van der Waals surface area contributed by atoms with E-state index >= 15 is 0 Å². The molecule has 2 heterocycles. The lowest BCUT2D eigenvalue weighted by atomic mass is 10.2. The number of benzene rings is 1. The van der Waals surface area contributed by atoms with Crippen molar-refractivity contribution < 1.29 is 18.8 Å². The molecule has 3 amide bonds. The molecule has 0 bridgehead atoms. The van der Waals surface area contributed by atoms with Crippen LogP contribution >= 0.6 is 22.7 Å². The molecule has 0 aliphatic heterocycles. The largest absolute Gasteiger partial charge is 0.342 e. The van der Waals surface area contributed by atoms with Gasteiger partial charge in [-0.05, 0) is 48.9 Å². The van der Waals surface area contributed by atoms with Crippen molar-refractivity contribution in [1.29, 1.82) is 0 Å². The summed E-state index contributed by atoms with van der Waals surface area (Å²) in [7, 11) is 0. The van der Waals surface area contributed by atoms with Crippen molar-refractivity contribution >= 4 is 40.4 Å². The molecule has 0 unspecified atom stereocenters. The zero-order chi connectivity index (χ0) is 20.1. The highest BCUT2D eigenvalue weighted by Gasteiger charge is 2.13. The highest BCUT2D eigenvalue weighted by atomic mass is 32.1. The van der Waals surface area contributed by atoms with Crippen LogP contribution in [0.15, 0.2) is 48.5 Å². The van der Waals surface area contributed by atoms with Crippen LogP contribution in [-0.2, 0) is 4.79 Å². The molecule has 9 heteroatoms. The lowest BCUT2D eigenvalue weighted by Gasteiger charge is -2.07. The normalized spacial score (nSPS) is 10.4. The monoisotopic (exact) mass is 417 g/mol. The molecule has 1 aromatic carbocycles. The summed E-state index contributed by atoms with van der Waals surface area (Å²) >= 11 is 2.55. The van der Waals surface area contributed by atoms with Gasteiger partial charge < -0.3 is 5.32 Å². The molecule has 0 saturated carbocycles. The second-order valence-electron chi connectivity index (χ2n) is 5.77. The average Bonchev–Trinajstić information content (AvgIpc) is 3.34. The second kappa shape index (κ2) is 8.77. The van der Waals surface area contributed by atoms with Gasteiger partial charge >= 0.3 is 0 Å². The predicted molar refractivity (Wildman–Crippen MR) is 107 cm³/mol. The maximum absolute atomic E-state index is 13.0. The van der Waals surface area contributed by atoms with Crippen LogP contribution in [0.5, 0.6) is 0 Å². The Morgan fingerprint density at radius 2 is 1.54 bits per heavy atom. The molecule has 0 aliphatic rings. The van der Waals surface area contributed by atoms with Crippen molar-refractivity contribution in [3.05, 3.63) is 69.0 Å². The van der Waals surface area contributed by atoms with E-state index in [1.54, 1.807) is 30.3 Å². The van der Waals surface area contributed by atoms with Gasteiger partial charge in [-0.1, -0.05) is 12.1 Å². The highest BCUT2D eigenvalue weighted by Crippen LogP contribution is 2.28. The Morgan fingerprint density at radius 1 is 0.857 bits per heavy atom. The minimum Gasteiger partial charge on any atom is -0.342 e. The SMILES string of the molecule is Cc1ccc(C(=O)NCC(=O)NNC(=O)c2ccc(-c3ccc(F)cc3)s2)s1. The molecule has 6 nitrogen and oxygen atoms in total. The van der Waals surface area contributed by atoms with E-state index in [1.807, 2.05) is 13.0 Å². The first kappa shape index (κ1) is 19.7. The number of amides is 3. The van der Waals surface area contributed by atoms with E-state index < -0.39 is 11.8 Å². The number of halogens is 1. The van der Waals surface area contributed by atoms with Gasteiger partial charge in [0.25, 0.3) is 17.7 Å². The minimum absolute atomic E-state index is 0.263. The van der Waals surface area contributed by atoms with Gasteiger partial charge in [0.2, 0.25) is 0 Å². The Morgan fingerprint density at radius 3 is 2.21 bits per heavy atom. The fourth-order valence-corrected chi connectivity index (χ4v) is 3.96. The summed E-state index contributed by atoms with van der Waals surface area (Å²) in [6.07, 6.45) is 0. The van der Waals surface area contributed by atoms with Crippen molar-refractivity contribution in [3.63, 3.8) is 0 Å². The van der Waals surface area contributed by atoms with E-state index in [0.717, 1.165) is 15.3 Å². The van der Waals surface area contributed by atoms with Gasteiger partial charge in [-0.2, -0.15) is 0 Å². The van der Waals surface area contributed by atoms with Crippen LogP contribution in [0, 0.1) is 12.7 Å². The van der Waals surface area contributed by atoms with Gasteiger partial charge in [-0.15, -0.1) is 22.7 Å². The van der Waals surface area contributed by atoms with Crippen molar-refractivity contribution in [1.82, 2.24) is 16.2 Å². The summed E-state index contributed by atoms with van der Waals surface area (Å²) in [5.74, 6) is -1.71. The third-order valence-electron chi connectivity index (χ3n) is 3.65. The summed E-state index contributed by atoms with van der Waals surface area (Å²) in [6.45, 7) is 1.62. The van der Waals surface area contributed by atoms with Crippen LogP contribution in [-0.4, -0.2) is 24.3 Å². The van der Waals surface area contributed by atoms with E-state index in [1.165, 1.54) is 34.8 Å². The number of rotatable bonds is 5. The predicted octanol–water partition coefficient (Wildman–Crippen LogP) is 3.12. The van der Waals surface area contributed by atoms with Crippen LogP contribution in [0.3, 0.4) is 0 Å². The number of nitrogens with one attached hydrogen (secondary N) is 3. The molecule has 3 rings (SSSR count). The number of hydrazine groups is 1. The van der Waals surface area contributed by atoms with E-state index in [-0.39, 0.29) is 18.3 Å². The van der Waals surface area contributed by atoms with Gasteiger partial charge in [0.15, 0.2) is 0 Å². The molecule has 0 saturated heterocycles. The fraction of sp³-hybridized carbons (Fsp3) is 0.105. The standard InChI is InChI=1S/C19H16FN3O3S2/c1-11-2-7-15(27-11)18(25)21-10-17(24)22-23-19(26)16-9-8-14(28-16)12-3-5-13(20)6-4-12/h2-9H,10H2,1H3,(H,21,25)(H,22,24)(H,23,26). The summed E-state index contributed by atoms with van der Waals surface area (Å²) in [6, 6.07) is 12.8. The van der Waals surface area contributed by atoms with Crippen molar-refractivity contribution in [3.8, 4) is 10.4 Å². The molecule has 2 aromatic heterocycles. The Balaban J connectivity index is 1.48. The summed E-state index contributed by atoms with van der Waals surface area (Å²) in [5, 5.41) is 2.49. The van der Waals surface area contributed by atoms with Crippen molar-refractivity contribution in [2.75, 3.05) is 6.54 Å². The topological polar surface area (TPSA) is 87.3 Å². The third kappa shape index (κ3) is 5.02. The van der Waals surface area contributed by atoms with Crippen molar-refractivity contribution in [2.45, 2.75) is 6.92 Å².